The van der Waals surface area contributed by atoms with Crippen LogP contribution in [-0.2, 0) is 0 Å². The van der Waals surface area contributed by atoms with Crippen LogP contribution >= 0.6 is 15.9 Å². The SMILES string of the molecule is Cc1c(C(=O)O)c(=O)[nH]c2c(Br)cnn12. The fourth-order valence-corrected chi connectivity index (χ4v) is 1.75. The van der Waals surface area contributed by atoms with Crippen LogP contribution in [0.15, 0.2) is 15.5 Å². The fraction of sp³-hybridized carbons (Fsp3) is 0.125. The lowest BCUT2D eigenvalue weighted by atomic mass is 10.2. The van der Waals surface area contributed by atoms with Gasteiger partial charge in [-0.3, -0.25) is 4.79 Å². The van der Waals surface area contributed by atoms with Crippen molar-refractivity contribution in [1.29, 1.82) is 0 Å². The number of hydrogen-bond acceptors (Lipinski definition) is 3. The lowest BCUT2D eigenvalue weighted by Crippen LogP contribution is -2.22. The van der Waals surface area contributed by atoms with Crippen molar-refractivity contribution in [2.45, 2.75) is 6.92 Å². The maximum absolute atomic E-state index is 11.4. The minimum atomic E-state index is -1.26. The molecule has 0 bridgehead atoms. The van der Waals surface area contributed by atoms with Crippen molar-refractivity contribution < 1.29 is 9.90 Å². The van der Waals surface area contributed by atoms with Gasteiger partial charge in [0.25, 0.3) is 5.56 Å². The van der Waals surface area contributed by atoms with Gasteiger partial charge >= 0.3 is 5.97 Å². The first-order chi connectivity index (χ1) is 7.02. The number of nitrogens with one attached hydrogen (secondary N) is 1. The van der Waals surface area contributed by atoms with Gasteiger partial charge < -0.3 is 10.1 Å². The number of aromatic nitrogens is 3. The lowest BCUT2D eigenvalue weighted by Gasteiger charge is -2.02. The molecule has 0 aromatic carbocycles. The number of aryl methyl sites for hydroxylation is 1. The molecule has 2 rings (SSSR count). The second-order valence-electron chi connectivity index (χ2n) is 2.97. The molecule has 0 aliphatic carbocycles. The first kappa shape index (κ1) is 9.91. The first-order valence-corrected chi connectivity index (χ1v) is 4.81. The molecule has 78 valence electrons. The molecule has 0 aliphatic heterocycles. The molecule has 0 unspecified atom stereocenters. The maximum atomic E-state index is 11.4. The summed E-state index contributed by atoms with van der Waals surface area (Å²) in [6, 6.07) is 0. The van der Waals surface area contributed by atoms with E-state index in [4.69, 9.17) is 5.11 Å². The molecule has 0 saturated carbocycles. The minimum absolute atomic E-state index is 0.293. The van der Waals surface area contributed by atoms with Crippen LogP contribution in [0.4, 0.5) is 0 Å². The van der Waals surface area contributed by atoms with Crippen molar-refractivity contribution >= 4 is 27.5 Å². The Morgan fingerprint density at radius 1 is 1.67 bits per heavy atom. The largest absolute Gasteiger partial charge is 0.477 e. The van der Waals surface area contributed by atoms with Gasteiger partial charge in [0.2, 0.25) is 0 Å². The third-order valence-electron chi connectivity index (χ3n) is 2.08. The molecular weight excluding hydrogens is 266 g/mol. The number of carbonyl (C=O) groups is 1. The summed E-state index contributed by atoms with van der Waals surface area (Å²) in [7, 11) is 0. The van der Waals surface area contributed by atoms with Gasteiger partial charge in [-0.05, 0) is 22.9 Å². The summed E-state index contributed by atoms with van der Waals surface area (Å²) in [4.78, 5) is 24.7. The second-order valence-corrected chi connectivity index (χ2v) is 3.83. The molecule has 7 heteroatoms. The Kier molecular flexibility index (Phi) is 2.11. The fourth-order valence-electron chi connectivity index (χ4n) is 1.39. The first-order valence-electron chi connectivity index (χ1n) is 4.01. The van der Waals surface area contributed by atoms with Crippen molar-refractivity contribution in [3.63, 3.8) is 0 Å². The van der Waals surface area contributed by atoms with Crippen LogP contribution in [0.3, 0.4) is 0 Å². The summed E-state index contributed by atoms with van der Waals surface area (Å²) < 4.78 is 1.98. The number of carboxylic acid groups (broad SMARTS) is 1. The van der Waals surface area contributed by atoms with Crippen molar-refractivity contribution in [1.82, 2.24) is 14.6 Å². The van der Waals surface area contributed by atoms with Crippen LogP contribution in [0.2, 0.25) is 0 Å². The summed E-state index contributed by atoms with van der Waals surface area (Å²) in [6.07, 6.45) is 1.49. The molecule has 2 aromatic rings. The topological polar surface area (TPSA) is 87.5 Å². The smallest absolute Gasteiger partial charge is 0.343 e. The van der Waals surface area contributed by atoms with Gasteiger partial charge in [-0.15, -0.1) is 0 Å². The van der Waals surface area contributed by atoms with E-state index in [1.807, 2.05) is 0 Å². The lowest BCUT2D eigenvalue weighted by molar-refractivity contribution is 0.0693. The van der Waals surface area contributed by atoms with Crippen molar-refractivity contribution in [3.8, 4) is 0 Å². The number of nitrogens with zero attached hydrogens (tertiary/aromatic N) is 2. The zero-order chi connectivity index (χ0) is 11.2. The molecule has 0 spiro atoms. The number of aromatic amines is 1. The molecule has 0 amide bonds. The molecule has 15 heavy (non-hydrogen) atoms. The van der Waals surface area contributed by atoms with E-state index in [0.29, 0.717) is 15.8 Å². The van der Waals surface area contributed by atoms with E-state index in [1.54, 1.807) is 0 Å². The van der Waals surface area contributed by atoms with Crippen molar-refractivity contribution in [2.75, 3.05) is 0 Å². The molecule has 2 N–H and O–H groups in total. The number of rotatable bonds is 1. The average molecular weight is 272 g/mol. The van der Waals surface area contributed by atoms with Crippen LogP contribution in [-0.4, -0.2) is 25.7 Å². The molecule has 6 nitrogen and oxygen atoms in total. The van der Waals surface area contributed by atoms with Gasteiger partial charge in [-0.1, -0.05) is 0 Å². The zero-order valence-corrected chi connectivity index (χ0v) is 9.20. The maximum Gasteiger partial charge on any atom is 0.343 e. The van der Waals surface area contributed by atoms with Gasteiger partial charge in [0.1, 0.15) is 5.56 Å². The zero-order valence-electron chi connectivity index (χ0n) is 7.61. The molecule has 0 fully saturated rings. The highest BCUT2D eigenvalue weighted by molar-refractivity contribution is 9.10. The predicted octanol–water partition coefficient (Wildman–Crippen LogP) is 0.792. The third kappa shape index (κ3) is 1.35. The highest BCUT2D eigenvalue weighted by atomic mass is 79.9. The van der Waals surface area contributed by atoms with Crippen molar-refractivity contribution in [2.24, 2.45) is 0 Å². The van der Waals surface area contributed by atoms with E-state index in [2.05, 4.69) is 26.0 Å². The van der Waals surface area contributed by atoms with Crippen LogP contribution in [0.25, 0.3) is 5.65 Å². The summed E-state index contributed by atoms with van der Waals surface area (Å²) in [5.41, 5.74) is -0.179. The Bertz CT molecular complexity index is 613. The highest BCUT2D eigenvalue weighted by Crippen LogP contribution is 2.15. The Balaban J connectivity index is 2.98. The van der Waals surface area contributed by atoms with Crippen LogP contribution < -0.4 is 5.56 Å². The number of fused-ring (bicyclic) bond motifs is 1. The van der Waals surface area contributed by atoms with Gasteiger partial charge in [0.15, 0.2) is 5.65 Å². The molecule has 0 atom stereocenters. The van der Waals surface area contributed by atoms with E-state index in [0.717, 1.165) is 0 Å². The monoisotopic (exact) mass is 271 g/mol. The number of hydrogen-bond donors (Lipinski definition) is 2. The molecule has 2 heterocycles. The molecule has 0 aliphatic rings. The number of aromatic carboxylic acids is 1. The molecule has 0 saturated heterocycles. The molecule has 2 aromatic heterocycles. The van der Waals surface area contributed by atoms with Gasteiger partial charge in [-0.25, -0.2) is 9.31 Å². The van der Waals surface area contributed by atoms with Crippen molar-refractivity contribution in [3.05, 3.63) is 32.3 Å². The Morgan fingerprint density at radius 3 is 2.93 bits per heavy atom. The average Bonchev–Trinajstić information content (AvgIpc) is 2.47. The summed E-state index contributed by atoms with van der Waals surface area (Å²) in [5.74, 6) is -1.26. The van der Waals surface area contributed by atoms with E-state index >= 15 is 0 Å². The van der Waals surface area contributed by atoms with Gasteiger partial charge in [0, 0.05) is 0 Å². The van der Waals surface area contributed by atoms with E-state index < -0.39 is 11.5 Å². The van der Waals surface area contributed by atoms with Crippen LogP contribution in [0.5, 0.6) is 0 Å². The predicted molar refractivity (Wildman–Crippen MR) is 55.2 cm³/mol. The van der Waals surface area contributed by atoms with E-state index in [-0.39, 0.29) is 5.56 Å². The Hall–Kier alpha value is -1.63. The normalized spacial score (nSPS) is 10.8. The standard InChI is InChI=1S/C8H6BrN3O3/c1-3-5(8(14)15)7(13)11-6-4(9)2-10-12(3)6/h2H,1H3,(H,11,13)(H,14,15). The number of H-pyrrole nitrogens is 1. The molecule has 0 radical (unpaired) electrons. The molecular formula is C8H6BrN3O3. The minimum Gasteiger partial charge on any atom is -0.477 e. The van der Waals surface area contributed by atoms with Gasteiger partial charge in [-0.2, -0.15) is 5.10 Å². The second kappa shape index (κ2) is 3.20. The third-order valence-corrected chi connectivity index (χ3v) is 2.66. The highest BCUT2D eigenvalue weighted by Gasteiger charge is 2.17. The number of halogens is 1. The van der Waals surface area contributed by atoms with E-state index in [1.165, 1.54) is 17.6 Å². The Labute approximate surface area is 91.7 Å². The van der Waals surface area contributed by atoms with Crippen LogP contribution in [0.1, 0.15) is 16.1 Å². The summed E-state index contributed by atoms with van der Waals surface area (Å²) >= 11 is 3.20. The van der Waals surface area contributed by atoms with Crippen LogP contribution in [0, 0.1) is 6.92 Å². The van der Waals surface area contributed by atoms with Gasteiger partial charge in [0.05, 0.1) is 16.4 Å². The van der Waals surface area contributed by atoms with E-state index in [9.17, 15) is 9.59 Å². The summed E-state index contributed by atoms with van der Waals surface area (Å²) in [5, 5.41) is 12.8. The number of carboxylic acids is 1. The Morgan fingerprint density at radius 2 is 2.33 bits per heavy atom. The summed E-state index contributed by atoms with van der Waals surface area (Å²) in [6.45, 7) is 1.53. The quantitative estimate of drug-likeness (QED) is 0.803.